The maximum atomic E-state index is 12.7. The smallest absolute Gasteiger partial charge is 0.335 e. The zero-order chi connectivity index (χ0) is 18.1. The second-order valence-electron chi connectivity index (χ2n) is 5.50. The molecule has 2 N–H and O–H groups in total. The van der Waals surface area contributed by atoms with E-state index >= 15 is 0 Å². The Hall–Kier alpha value is -2.93. The molecule has 1 aliphatic heterocycles. The fourth-order valence-electron chi connectivity index (χ4n) is 2.37. The lowest BCUT2D eigenvalue weighted by Crippen LogP contribution is -2.54. The molecule has 1 aliphatic rings. The average Bonchev–Trinajstić information content (AvgIpc) is 2.56. The second kappa shape index (κ2) is 6.52. The first-order chi connectivity index (χ1) is 11.9. The molecule has 2 aromatic rings. The Morgan fingerprint density at radius 1 is 1.08 bits per heavy atom. The summed E-state index contributed by atoms with van der Waals surface area (Å²) in [6.45, 7) is 1.89. The fraction of sp³-hybridized carbons (Fsp3) is 0.0556. The van der Waals surface area contributed by atoms with Crippen LogP contribution in [0.3, 0.4) is 0 Å². The van der Waals surface area contributed by atoms with Crippen molar-refractivity contribution in [1.82, 2.24) is 5.32 Å². The van der Waals surface area contributed by atoms with Crippen molar-refractivity contribution in [2.45, 2.75) is 6.92 Å². The van der Waals surface area contributed by atoms with E-state index in [4.69, 9.17) is 0 Å². The number of nitrogens with one attached hydrogen (secondary N) is 1. The molecule has 0 radical (unpaired) electrons. The molecule has 6 nitrogen and oxygen atoms in total. The Morgan fingerprint density at radius 3 is 2.40 bits per heavy atom. The highest BCUT2D eigenvalue weighted by molar-refractivity contribution is 9.10. The van der Waals surface area contributed by atoms with Crippen LogP contribution < -0.4 is 10.2 Å². The minimum atomic E-state index is -0.789. The highest BCUT2D eigenvalue weighted by Crippen LogP contribution is 2.27. The summed E-state index contributed by atoms with van der Waals surface area (Å²) in [7, 11) is 0. The van der Waals surface area contributed by atoms with Crippen molar-refractivity contribution in [1.29, 1.82) is 0 Å². The van der Waals surface area contributed by atoms with Crippen molar-refractivity contribution in [2.75, 3.05) is 4.90 Å². The van der Waals surface area contributed by atoms with E-state index in [-0.39, 0.29) is 11.3 Å². The normalized spacial score (nSPS) is 16.3. The molecule has 1 fully saturated rings. The highest BCUT2D eigenvalue weighted by Gasteiger charge is 2.36. The monoisotopic (exact) mass is 400 g/mol. The number of carbonyl (C=O) groups is 3. The van der Waals surface area contributed by atoms with E-state index in [2.05, 4.69) is 21.2 Å². The number of barbiturate groups is 1. The van der Waals surface area contributed by atoms with Gasteiger partial charge in [0.1, 0.15) is 11.3 Å². The fourth-order valence-corrected chi connectivity index (χ4v) is 2.76. The molecule has 2 aromatic carbocycles. The zero-order valence-corrected chi connectivity index (χ0v) is 14.7. The molecule has 0 bridgehead atoms. The van der Waals surface area contributed by atoms with E-state index < -0.39 is 17.8 Å². The number of imide groups is 2. The molecule has 0 spiro atoms. The van der Waals surface area contributed by atoms with Crippen LogP contribution in [0.5, 0.6) is 5.75 Å². The molecule has 0 saturated carbocycles. The van der Waals surface area contributed by atoms with Gasteiger partial charge in [-0.3, -0.25) is 14.9 Å². The van der Waals surface area contributed by atoms with Crippen LogP contribution in [0.4, 0.5) is 10.5 Å². The highest BCUT2D eigenvalue weighted by atomic mass is 79.9. The van der Waals surface area contributed by atoms with Crippen LogP contribution in [0.2, 0.25) is 0 Å². The van der Waals surface area contributed by atoms with Gasteiger partial charge in [-0.05, 0) is 58.8 Å². The number of rotatable bonds is 2. The lowest BCUT2D eigenvalue weighted by Gasteiger charge is -2.26. The number of urea groups is 1. The third-order valence-corrected chi connectivity index (χ3v) is 4.31. The molecule has 25 heavy (non-hydrogen) atoms. The molecule has 0 unspecified atom stereocenters. The van der Waals surface area contributed by atoms with Crippen molar-refractivity contribution in [2.24, 2.45) is 0 Å². The Labute approximate surface area is 151 Å². The van der Waals surface area contributed by atoms with Gasteiger partial charge in [-0.25, -0.2) is 9.69 Å². The Kier molecular flexibility index (Phi) is 4.41. The first-order valence-corrected chi connectivity index (χ1v) is 8.13. The summed E-state index contributed by atoms with van der Waals surface area (Å²) in [5, 5.41) is 11.7. The molecule has 7 heteroatoms. The van der Waals surface area contributed by atoms with Crippen molar-refractivity contribution in [3.05, 3.63) is 63.6 Å². The number of phenolic OH excluding ortho intramolecular Hbond substituents is 1. The van der Waals surface area contributed by atoms with E-state index in [1.54, 1.807) is 36.4 Å². The van der Waals surface area contributed by atoms with Gasteiger partial charge in [0, 0.05) is 0 Å². The molecule has 1 heterocycles. The molecule has 0 aliphatic carbocycles. The van der Waals surface area contributed by atoms with Crippen molar-refractivity contribution in [3.63, 3.8) is 0 Å². The second-order valence-corrected chi connectivity index (χ2v) is 6.36. The third kappa shape index (κ3) is 3.32. The number of benzene rings is 2. The SMILES string of the molecule is Cc1ccc(N2C(=O)NC(=O)C(=Cc3ccc(O)c(Br)c3)C2=O)cc1. The maximum absolute atomic E-state index is 12.7. The largest absolute Gasteiger partial charge is 0.507 e. The number of anilines is 1. The minimum Gasteiger partial charge on any atom is -0.507 e. The van der Waals surface area contributed by atoms with Crippen LogP contribution in [0, 0.1) is 6.92 Å². The van der Waals surface area contributed by atoms with Gasteiger partial charge in [-0.2, -0.15) is 0 Å². The van der Waals surface area contributed by atoms with Crippen LogP contribution in [-0.2, 0) is 9.59 Å². The predicted molar refractivity (Wildman–Crippen MR) is 96.0 cm³/mol. The minimum absolute atomic E-state index is 0.0398. The Morgan fingerprint density at radius 2 is 1.76 bits per heavy atom. The van der Waals surface area contributed by atoms with Crippen molar-refractivity contribution in [3.8, 4) is 5.75 Å². The topological polar surface area (TPSA) is 86.7 Å². The lowest BCUT2D eigenvalue weighted by atomic mass is 10.1. The maximum Gasteiger partial charge on any atom is 0.335 e. The van der Waals surface area contributed by atoms with E-state index in [0.29, 0.717) is 15.7 Å². The molecule has 126 valence electrons. The predicted octanol–water partition coefficient (Wildman–Crippen LogP) is 3.13. The number of amides is 4. The number of nitrogens with zero attached hydrogens (tertiary/aromatic N) is 1. The van der Waals surface area contributed by atoms with Crippen LogP contribution >= 0.6 is 15.9 Å². The summed E-state index contributed by atoms with van der Waals surface area (Å²) in [4.78, 5) is 37.8. The number of aryl methyl sites for hydroxylation is 1. The summed E-state index contributed by atoms with van der Waals surface area (Å²) in [5.74, 6) is -1.43. The number of hydrogen-bond acceptors (Lipinski definition) is 4. The number of halogens is 1. The Bertz CT molecular complexity index is 919. The number of hydrogen-bond donors (Lipinski definition) is 2. The summed E-state index contributed by atoms with van der Waals surface area (Å²) in [5.41, 5.74) is 1.71. The summed E-state index contributed by atoms with van der Waals surface area (Å²) in [6.07, 6.45) is 1.37. The van der Waals surface area contributed by atoms with Gasteiger partial charge in [0.05, 0.1) is 10.2 Å². The van der Waals surface area contributed by atoms with Gasteiger partial charge in [-0.1, -0.05) is 23.8 Å². The lowest BCUT2D eigenvalue weighted by molar-refractivity contribution is -0.122. The van der Waals surface area contributed by atoms with Gasteiger partial charge in [0.25, 0.3) is 11.8 Å². The number of carbonyl (C=O) groups excluding carboxylic acids is 3. The van der Waals surface area contributed by atoms with Crippen LogP contribution in [-0.4, -0.2) is 23.0 Å². The summed E-state index contributed by atoms with van der Waals surface area (Å²) in [6, 6.07) is 10.6. The molecule has 0 atom stereocenters. The van der Waals surface area contributed by atoms with E-state index in [0.717, 1.165) is 10.5 Å². The number of aromatic hydroxyl groups is 1. The van der Waals surface area contributed by atoms with Gasteiger partial charge in [0.15, 0.2) is 0 Å². The van der Waals surface area contributed by atoms with Crippen LogP contribution in [0.1, 0.15) is 11.1 Å². The van der Waals surface area contributed by atoms with Crippen LogP contribution in [0.25, 0.3) is 6.08 Å². The molecule has 1 saturated heterocycles. The first-order valence-electron chi connectivity index (χ1n) is 7.33. The van der Waals surface area contributed by atoms with E-state index in [1.807, 2.05) is 6.92 Å². The average molecular weight is 401 g/mol. The molecular formula is C18H13BrN2O4. The first kappa shape index (κ1) is 16.9. The Balaban J connectivity index is 2.01. The van der Waals surface area contributed by atoms with Crippen molar-refractivity contribution < 1.29 is 19.5 Å². The quantitative estimate of drug-likeness (QED) is 0.598. The van der Waals surface area contributed by atoms with Gasteiger partial charge < -0.3 is 5.11 Å². The molecule has 0 aromatic heterocycles. The van der Waals surface area contributed by atoms with Gasteiger partial charge in [-0.15, -0.1) is 0 Å². The van der Waals surface area contributed by atoms with E-state index in [1.165, 1.54) is 12.1 Å². The van der Waals surface area contributed by atoms with Gasteiger partial charge in [0.2, 0.25) is 0 Å². The molecule has 4 amide bonds. The van der Waals surface area contributed by atoms with Crippen LogP contribution in [0.15, 0.2) is 52.5 Å². The third-order valence-electron chi connectivity index (χ3n) is 3.68. The standard InChI is InChI=1S/C18H13BrN2O4/c1-10-2-5-12(6-3-10)21-17(24)13(16(23)20-18(21)25)8-11-4-7-15(22)14(19)9-11/h2-9,22H,1H3,(H,20,23,25). The summed E-state index contributed by atoms with van der Waals surface area (Å²) >= 11 is 3.18. The zero-order valence-electron chi connectivity index (χ0n) is 13.1. The van der Waals surface area contributed by atoms with Crippen molar-refractivity contribution >= 4 is 45.5 Å². The summed E-state index contributed by atoms with van der Waals surface area (Å²) < 4.78 is 0.428. The molecular weight excluding hydrogens is 388 g/mol. The molecule has 3 rings (SSSR count). The van der Waals surface area contributed by atoms with Gasteiger partial charge >= 0.3 is 6.03 Å². The number of phenols is 1. The van der Waals surface area contributed by atoms with E-state index in [9.17, 15) is 19.5 Å².